The maximum atomic E-state index is 13.1. The normalized spacial score (nSPS) is 21.1. The Bertz CT molecular complexity index is 953. The average molecular weight is 492 g/mol. The van der Waals surface area contributed by atoms with Crippen molar-refractivity contribution in [2.24, 2.45) is 5.73 Å². The summed E-state index contributed by atoms with van der Waals surface area (Å²) in [5.41, 5.74) is 1.46. The van der Waals surface area contributed by atoms with Crippen molar-refractivity contribution in [2.45, 2.75) is 49.5 Å². The number of nitrogens with one attached hydrogen (secondary N) is 1. The summed E-state index contributed by atoms with van der Waals surface area (Å²) in [5.74, 6) is 0. The van der Waals surface area contributed by atoms with Crippen molar-refractivity contribution in [3.8, 4) is 0 Å². The molecular weight excluding hydrogens is 477 g/mol. The first-order valence-electron chi connectivity index (χ1n) is 9.11. The number of alkyl halides is 9. The summed E-state index contributed by atoms with van der Waals surface area (Å²) in [6.07, 6.45) is -13.6. The summed E-state index contributed by atoms with van der Waals surface area (Å²) in [6.45, 7) is 0. The monoisotopic (exact) mass is 491 g/mol. The molecule has 0 amide bonds. The molecule has 1 fully saturated rings. The highest BCUT2D eigenvalue weighted by Gasteiger charge is 2.39. The molecule has 32 heavy (non-hydrogen) atoms. The zero-order valence-corrected chi connectivity index (χ0v) is 16.6. The minimum Gasteiger partial charge on any atom is -0.323 e. The van der Waals surface area contributed by atoms with E-state index in [9.17, 15) is 39.5 Å². The topological polar surface area (TPSA) is 50.9 Å². The molecule has 0 bridgehead atoms. The first-order valence-corrected chi connectivity index (χ1v) is 9.49. The van der Waals surface area contributed by atoms with Gasteiger partial charge < -0.3 is 11.1 Å². The fraction of sp³-hybridized carbons (Fsp3) is 0.421. The second-order valence-corrected chi connectivity index (χ2v) is 7.76. The van der Waals surface area contributed by atoms with Crippen molar-refractivity contribution in [1.29, 1.82) is 0 Å². The van der Waals surface area contributed by atoms with Gasteiger partial charge in [-0.25, -0.2) is 0 Å². The molecule has 1 saturated heterocycles. The van der Waals surface area contributed by atoms with Crippen molar-refractivity contribution >= 4 is 11.6 Å². The number of rotatable bonds is 3. The molecule has 13 heteroatoms. The first kappa shape index (κ1) is 24.6. The number of halogens is 10. The Morgan fingerprint density at radius 2 is 1.44 bits per heavy atom. The maximum absolute atomic E-state index is 13.1. The number of benzene rings is 1. The number of hydrogen-bond acceptors (Lipinski definition) is 3. The second-order valence-electron chi connectivity index (χ2n) is 7.36. The van der Waals surface area contributed by atoms with Gasteiger partial charge in [0.25, 0.3) is 0 Å². The molecule has 3 rings (SSSR count). The van der Waals surface area contributed by atoms with Crippen molar-refractivity contribution < 1.29 is 39.5 Å². The van der Waals surface area contributed by atoms with Crippen molar-refractivity contribution in [3.63, 3.8) is 0 Å². The zero-order chi connectivity index (χ0) is 24.1. The Morgan fingerprint density at radius 1 is 0.875 bits per heavy atom. The number of hydrogen-bond donors (Lipinski definition) is 2. The molecule has 3 nitrogen and oxygen atoms in total. The summed E-state index contributed by atoms with van der Waals surface area (Å²) in [6, 6.07) is -1.01. The predicted octanol–water partition coefficient (Wildman–Crippen LogP) is 6.28. The van der Waals surface area contributed by atoms with Gasteiger partial charge in [0.05, 0.1) is 16.1 Å². The van der Waals surface area contributed by atoms with Crippen LogP contribution in [-0.2, 0) is 18.5 Å². The molecule has 3 atom stereocenters. The fourth-order valence-corrected chi connectivity index (χ4v) is 3.81. The minimum absolute atomic E-state index is 0.00346. The van der Waals surface area contributed by atoms with E-state index in [0.717, 1.165) is 12.3 Å². The number of nitrogens with two attached hydrogens (primary N) is 1. The third-order valence-electron chi connectivity index (χ3n) is 5.16. The molecule has 0 radical (unpaired) electrons. The second kappa shape index (κ2) is 8.38. The van der Waals surface area contributed by atoms with Crippen molar-refractivity contribution in [1.82, 2.24) is 10.3 Å². The fourth-order valence-electron chi connectivity index (χ4n) is 3.58. The molecule has 2 aromatic rings. The smallest absolute Gasteiger partial charge is 0.323 e. The van der Waals surface area contributed by atoms with E-state index in [1.807, 2.05) is 0 Å². The molecule has 0 spiro atoms. The van der Waals surface area contributed by atoms with Gasteiger partial charge in [-0.15, -0.1) is 0 Å². The number of pyridine rings is 1. The lowest BCUT2D eigenvalue weighted by atomic mass is 9.94. The third kappa shape index (κ3) is 5.29. The molecule has 0 aliphatic carbocycles. The van der Waals surface area contributed by atoms with Crippen LogP contribution >= 0.6 is 11.6 Å². The Morgan fingerprint density at radius 3 is 1.94 bits per heavy atom. The van der Waals surface area contributed by atoms with Crippen LogP contribution in [0, 0.1) is 0 Å². The van der Waals surface area contributed by atoms with Crippen molar-refractivity contribution in [3.05, 3.63) is 63.4 Å². The van der Waals surface area contributed by atoms with Crippen LogP contribution in [0.15, 0.2) is 30.5 Å². The van der Waals surface area contributed by atoms with E-state index in [4.69, 9.17) is 17.3 Å². The van der Waals surface area contributed by atoms with Crippen LogP contribution in [-0.4, -0.2) is 11.0 Å². The highest BCUT2D eigenvalue weighted by Crippen LogP contribution is 2.40. The molecule has 1 aliphatic heterocycles. The number of aromatic nitrogens is 1. The summed E-state index contributed by atoms with van der Waals surface area (Å²) >= 11 is 5.96. The molecule has 0 saturated carbocycles. The molecular formula is C19H15ClF9N3. The van der Waals surface area contributed by atoms with Crippen LogP contribution in [0.2, 0.25) is 5.02 Å². The molecule has 1 aromatic carbocycles. The van der Waals surface area contributed by atoms with E-state index in [0.29, 0.717) is 12.1 Å². The predicted molar refractivity (Wildman–Crippen MR) is 96.5 cm³/mol. The number of nitrogens with zero attached hydrogens (tertiary/aromatic N) is 1. The summed E-state index contributed by atoms with van der Waals surface area (Å²) in [4.78, 5) is 3.23. The Kier molecular flexibility index (Phi) is 6.44. The van der Waals surface area contributed by atoms with E-state index in [1.54, 1.807) is 0 Å². The Labute approximate surface area is 180 Å². The molecule has 1 aromatic heterocycles. The lowest BCUT2D eigenvalue weighted by Crippen LogP contribution is -2.35. The van der Waals surface area contributed by atoms with Crippen LogP contribution in [0.3, 0.4) is 0 Å². The van der Waals surface area contributed by atoms with Gasteiger partial charge in [0, 0.05) is 24.3 Å². The Balaban J connectivity index is 1.89. The largest absolute Gasteiger partial charge is 0.433 e. The molecule has 1 unspecified atom stereocenters. The summed E-state index contributed by atoms with van der Waals surface area (Å²) in [7, 11) is 0. The van der Waals surface area contributed by atoms with Gasteiger partial charge in [0.1, 0.15) is 5.69 Å². The standard InChI is InChI=1S/C19H15ClF9N3/c20-12-7-31-15(19(27,28)29)6-11(12)13-1-2-14(32-13)16(30)8-3-9(17(21,22)23)5-10(4-8)18(24,25)26/h3-7,13-14,16,32H,1-2,30H2/t13-,14-,16?/m0/s1. The van der Waals surface area contributed by atoms with Crippen LogP contribution in [0.25, 0.3) is 0 Å². The van der Waals surface area contributed by atoms with Gasteiger partial charge in [0.15, 0.2) is 0 Å². The van der Waals surface area contributed by atoms with E-state index >= 15 is 0 Å². The van der Waals surface area contributed by atoms with Crippen LogP contribution in [0.5, 0.6) is 0 Å². The van der Waals surface area contributed by atoms with Crippen LogP contribution in [0.1, 0.15) is 52.9 Å². The lowest BCUT2D eigenvalue weighted by molar-refractivity contribution is -0.143. The molecule has 2 heterocycles. The van der Waals surface area contributed by atoms with Gasteiger partial charge in [-0.3, -0.25) is 4.98 Å². The Hall–Kier alpha value is -2.05. The SMILES string of the molecule is NC(c1cc(C(F)(F)F)cc(C(F)(F)F)c1)[C@@H]1CC[C@@H](c2cc(C(F)(F)F)ncc2Cl)N1. The van der Waals surface area contributed by atoms with Gasteiger partial charge in [-0.2, -0.15) is 39.5 Å². The highest BCUT2D eigenvalue weighted by atomic mass is 35.5. The van der Waals surface area contributed by atoms with Gasteiger partial charge in [0.2, 0.25) is 0 Å². The quantitative estimate of drug-likeness (QED) is 0.497. The molecule has 1 aliphatic rings. The average Bonchev–Trinajstić information content (AvgIpc) is 3.15. The molecule has 176 valence electrons. The van der Waals surface area contributed by atoms with E-state index in [-0.39, 0.29) is 29.5 Å². The molecule has 3 N–H and O–H groups in total. The lowest BCUT2D eigenvalue weighted by Gasteiger charge is -2.24. The maximum Gasteiger partial charge on any atom is 0.433 e. The first-order chi connectivity index (χ1) is 14.6. The summed E-state index contributed by atoms with van der Waals surface area (Å²) in [5, 5.41) is 2.81. The zero-order valence-electron chi connectivity index (χ0n) is 15.8. The van der Waals surface area contributed by atoms with E-state index in [1.165, 1.54) is 0 Å². The third-order valence-corrected chi connectivity index (χ3v) is 5.48. The van der Waals surface area contributed by atoms with Crippen LogP contribution < -0.4 is 11.1 Å². The van der Waals surface area contributed by atoms with Gasteiger partial charge >= 0.3 is 18.5 Å². The van der Waals surface area contributed by atoms with Crippen LogP contribution in [0.4, 0.5) is 39.5 Å². The van der Waals surface area contributed by atoms with Crippen molar-refractivity contribution in [2.75, 3.05) is 0 Å². The highest BCUT2D eigenvalue weighted by molar-refractivity contribution is 6.31. The van der Waals surface area contributed by atoms with Gasteiger partial charge in [-0.1, -0.05) is 11.6 Å². The van der Waals surface area contributed by atoms with Gasteiger partial charge in [-0.05, 0) is 48.2 Å². The van der Waals surface area contributed by atoms with E-state index < -0.39 is 59.0 Å². The van der Waals surface area contributed by atoms with E-state index in [2.05, 4.69) is 10.3 Å². The summed E-state index contributed by atoms with van der Waals surface area (Å²) < 4.78 is 117. The minimum atomic E-state index is -5.03.